The van der Waals surface area contributed by atoms with Crippen molar-refractivity contribution in [1.29, 1.82) is 0 Å². The summed E-state index contributed by atoms with van der Waals surface area (Å²) in [7, 11) is 0. The highest BCUT2D eigenvalue weighted by atomic mass is 35.5. The molecular formula is C17H27ClN2O2. The van der Waals surface area contributed by atoms with Gasteiger partial charge in [-0.3, -0.25) is 4.79 Å². The van der Waals surface area contributed by atoms with Crippen molar-refractivity contribution in [1.82, 2.24) is 10.2 Å². The molecule has 124 valence electrons. The van der Waals surface area contributed by atoms with Crippen LogP contribution in [0.2, 0.25) is 0 Å². The number of rotatable bonds is 1. The van der Waals surface area contributed by atoms with Crippen LogP contribution in [0.1, 0.15) is 44.9 Å². The van der Waals surface area contributed by atoms with Gasteiger partial charge in [0.1, 0.15) is 0 Å². The molecule has 2 bridgehead atoms. The van der Waals surface area contributed by atoms with Crippen LogP contribution in [0, 0.1) is 17.8 Å². The van der Waals surface area contributed by atoms with Crippen LogP contribution in [0.3, 0.4) is 0 Å². The molecule has 5 heteroatoms. The summed E-state index contributed by atoms with van der Waals surface area (Å²) in [5, 5.41) is 3.65. The first kappa shape index (κ1) is 15.2. The summed E-state index contributed by atoms with van der Waals surface area (Å²) < 4.78 is 6.02. The van der Waals surface area contributed by atoms with Gasteiger partial charge in [-0.05, 0) is 38.0 Å². The molecule has 0 radical (unpaired) electrons. The third-order valence-corrected chi connectivity index (χ3v) is 6.93. The quantitative estimate of drug-likeness (QED) is 0.801. The number of nitrogens with zero attached hydrogens (tertiary/aromatic N) is 1. The third-order valence-electron chi connectivity index (χ3n) is 6.93. The normalized spacial score (nSPS) is 48.9. The standard InChI is InChI=1S/C17H26N2O2.ClH/c20-17(14-7-10-3-1-2-4-13(10)18-14)19-8-11-12(9-19)16-6-5-15(11)21-16;/h10-16,18H,1-9H2;1H. The number of fused-ring (bicyclic) bond motifs is 6. The lowest BCUT2D eigenvalue weighted by Crippen LogP contribution is -2.45. The van der Waals surface area contributed by atoms with Gasteiger partial charge in [0.25, 0.3) is 0 Å². The average molecular weight is 327 g/mol. The van der Waals surface area contributed by atoms with Crippen molar-refractivity contribution in [2.75, 3.05) is 13.1 Å². The maximum Gasteiger partial charge on any atom is 0.239 e. The topological polar surface area (TPSA) is 41.6 Å². The van der Waals surface area contributed by atoms with Gasteiger partial charge in [0.05, 0.1) is 18.2 Å². The van der Waals surface area contributed by atoms with Crippen LogP contribution < -0.4 is 5.32 Å². The summed E-state index contributed by atoms with van der Waals surface area (Å²) in [5.74, 6) is 2.42. The van der Waals surface area contributed by atoms with Gasteiger partial charge in [-0.15, -0.1) is 12.4 Å². The Balaban J connectivity index is 0.00000125. The molecule has 1 N–H and O–H groups in total. The third kappa shape index (κ3) is 2.22. The second-order valence-electron chi connectivity index (χ2n) is 7.97. The fourth-order valence-corrected chi connectivity index (χ4v) is 5.87. The molecule has 4 heterocycles. The van der Waals surface area contributed by atoms with Crippen LogP contribution in [0.15, 0.2) is 0 Å². The molecule has 1 aliphatic carbocycles. The highest BCUT2D eigenvalue weighted by Crippen LogP contribution is 2.47. The molecule has 22 heavy (non-hydrogen) atoms. The molecule has 4 nitrogen and oxygen atoms in total. The molecule has 5 rings (SSSR count). The molecule has 5 fully saturated rings. The lowest BCUT2D eigenvalue weighted by atomic mass is 9.82. The van der Waals surface area contributed by atoms with E-state index in [4.69, 9.17) is 4.74 Å². The molecular weight excluding hydrogens is 300 g/mol. The van der Waals surface area contributed by atoms with Crippen molar-refractivity contribution in [2.45, 2.75) is 69.2 Å². The summed E-state index contributed by atoms with van der Waals surface area (Å²) in [6.07, 6.45) is 9.73. The molecule has 7 atom stereocenters. The van der Waals surface area contributed by atoms with Crippen molar-refractivity contribution < 1.29 is 9.53 Å². The molecule has 0 aromatic carbocycles. The lowest BCUT2D eigenvalue weighted by molar-refractivity contribution is -0.132. The SMILES string of the molecule is Cl.O=C(C1CC2CCCCC2N1)N1CC2C3CCC(O3)C2C1. The minimum atomic E-state index is 0. The van der Waals surface area contributed by atoms with Crippen LogP contribution in [0.25, 0.3) is 0 Å². The maximum atomic E-state index is 12.9. The molecule has 0 spiro atoms. The highest BCUT2D eigenvalue weighted by molar-refractivity contribution is 5.85. The Labute approximate surface area is 138 Å². The van der Waals surface area contributed by atoms with E-state index in [1.54, 1.807) is 0 Å². The second kappa shape index (κ2) is 5.64. The zero-order valence-corrected chi connectivity index (χ0v) is 13.9. The Kier molecular flexibility index (Phi) is 3.90. The molecule has 4 aliphatic heterocycles. The zero-order chi connectivity index (χ0) is 14.0. The Morgan fingerprint density at radius 2 is 1.68 bits per heavy atom. The molecule has 7 unspecified atom stereocenters. The fraction of sp³-hybridized carbons (Fsp3) is 0.941. The minimum Gasteiger partial charge on any atom is -0.374 e. The predicted octanol–water partition coefficient (Wildman–Crippen LogP) is 1.96. The van der Waals surface area contributed by atoms with Crippen molar-refractivity contribution >= 4 is 18.3 Å². The van der Waals surface area contributed by atoms with Crippen molar-refractivity contribution in [3.05, 3.63) is 0 Å². The van der Waals surface area contributed by atoms with Gasteiger partial charge in [0.2, 0.25) is 5.91 Å². The number of carbonyl (C=O) groups is 1. The Hall–Kier alpha value is -0.320. The van der Waals surface area contributed by atoms with Crippen molar-refractivity contribution in [3.8, 4) is 0 Å². The summed E-state index contributed by atoms with van der Waals surface area (Å²) in [5.41, 5.74) is 0. The van der Waals surface area contributed by atoms with Crippen LogP contribution in [-0.2, 0) is 9.53 Å². The largest absolute Gasteiger partial charge is 0.374 e. The van der Waals surface area contributed by atoms with Gasteiger partial charge in [-0.2, -0.15) is 0 Å². The molecule has 0 aromatic heterocycles. The van der Waals surface area contributed by atoms with Gasteiger partial charge in [-0.1, -0.05) is 12.8 Å². The second-order valence-corrected chi connectivity index (χ2v) is 7.97. The summed E-state index contributed by atoms with van der Waals surface area (Å²) in [4.78, 5) is 15.0. The first-order chi connectivity index (χ1) is 10.3. The molecule has 4 saturated heterocycles. The number of hydrogen-bond donors (Lipinski definition) is 1. The Morgan fingerprint density at radius 3 is 2.36 bits per heavy atom. The lowest BCUT2D eigenvalue weighted by Gasteiger charge is -2.24. The van der Waals surface area contributed by atoms with Crippen molar-refractivity contribution in [2.24, 2.45) is 17.8 Å². The summed E-state index contributed by atoms with van der Waals surface area (Å²) in [6, 6.07) is 0.727. The van der Waals surface area contributed by atoms with E-state index in [0.717, 1.165) is 25.4 Å². The zero-order valence-electron chi connectivity index (χ0n) is 13.1. The summed E-state index contributed by atoms with van der Waals surface area (Å²) in [6.45, 7) is 1.91. The van der Waals surface area contributed by atoms with Gasteiger partial charge in [0.15, 0.2) is 0 Å². The van der Waals surface area contributed by atoms with Gasteiger partial charge >= 0.3 is 0 Å². The van der Waals surface area contributed by atoms with Gasteiger partial charge in [0, 0.05) is 31.0 Å². The number of halogens is 1. The van der Waals surface area contributed by atoms with Crippen LogP contribution >= 0.6 is 12.4 Å². The van der Waals surface area contributed by atoms with Gasteiger partial charge < -0.3 is 15.0 Å². The van der Waals surface area contributed by atoms with E-state index in [0.29, 0.717) is 36.0 Å². The average Bonchev–Trinajstić information content (AvgIpc) is 3.24. The Bertz CT molecular complexity index is 428. The predicted molar refractivity (Wildman–Crippen MR) is 86.0 cm³/mol. The monoisotopic (exact) mass is 326 g/mol. The van der Waals surface area contributed by atoms with E-state index in [1.807, 2.05) is 0 Å². The van der Waals surface area contributed by atoms with E-state index in [1.165, 1.54) is 38.5 Å². The van der Waals surface area contributed by atoms with Crippen LogP contribution in [0.5, 0.6) is 0 Å². The molecule has 1 saturated carbocycles. The maximum absolute atomic E-state index is 12.9. The first-order valence-corrected chi connectivity index (χ1v) is 9.00. The number of hydrogen-bond acceptors (Lipinski definition) is 3. The summed E-state index contributed by atoms with van der Waals surface area (Å²) >= 11 is 0. The van der Waals surface area contributed by atoms with E-state index in [2.05, 4.69) is 10.2 Å². The first-order valence-electron chi connectivity index (χ1n) is 9.00. The molecule has 5 aliphatic rings. The van der Waals surface area contributed by atoms with Crippen LogP contribution in [-0.4, -0.2) is 48.2 Å². The van der Waals surface area contributed by atoms with Gasteiger partial charge in [-0.25, -0.2) is 0 Å². The number of likely N-dealkylation sites (tertiary alicyclic amines) is 1. The van der Waals surface area contributed by atoms with Crippen molar-refractivity contribution in [3.63, 3.8) is 0 Å². The Morgan fingerprint density at radius 1 is 1.00 bits per heavy atom. The van der Waals surface area contributed by atoms with E-state index < -0.39 is 0 Å². The van der Waals surface area contributed by atoms with E-state index in [-0.39, 0.29) is 18.4 Å². The number of carbonyl (C=O) groups excluding carboxylic acids is 1. The van der Waals surface area contributed by atoms with E-state index >= 15 is 0 Å². The number of amides is 1. The molecule has 1 amide bonds. The number of ether oxygens (including phenoxy) is 1. The minimum absolute atomic E-state index is 0. The fourth-order valence-electron chi connectivity index (χ4n) is 5.87. The van der Waals surface area contributed by atoms with E-state index in [9.17, 15) is 4.79 Å². The van der Waals surface area contributed by atoms with Crippen LogP contribution in [0.4, 0.5) is 0 Å². The smallest absolute Gasteiger partial charge is 0.239 e. The molecule has 0 aromatic rings. The number of nitrogens with one attached hydrogen (secondary N) is 1. The highest BCUT2D eigenvalue weighted by Gasteiger charge is 2.54.